The van der Waals surface area contributed by atoms with Crippen molar-refractivity contribution in [3.63, 3.8) is 0 Å². The number of halogens is 1. The minimum absolute atomic E-state index is 0.161. The molecule has 4 aromatic rings. The molecule has 0 aliphatic rings. The molecule has 0 atom stereocenters. The van der Waals surface area contributed by atoms with E-state index in [1.165, 1.54) is 0 Å². The molecule has 0 aliphatic heterocycles. The van der Waals surface area contributed by atoms with E-state index in [4.69, 9.17) is 16.6 Å². The lowest BCUT2D eigenvalue weighted by Crippen LogP contribution is -2.23. The first-order valence-electron chi connectivity index (χ1n) is 9.48. The molecule has 3 heterocycles. The number of carbonyl (C=O) groups excluding carboxylic acids is 1. The highest BCUT2D eigenvalue weighted by Crippen LogP contribution is 2.34. The molecule has 0 fully saturated rings. The van der Waals surface area contributed by atoms with Crippen LogP contribution in [0.15, 0.2) is 42.7 Å². The number of pyridine rings is 1. The van der Waals surface area contributed by atoms with Crippen molar-refractivity contribution in [3.8, 4) is 11.4 Å². The van der Waals surface area contributed by atoms with Crippen LogP contribution in [-0.2, 0) is 6.54 Å². The van der Waals surface area contributed by atoms with Crippen LogP contribution in [0.4, 0.5) is 0 Å². The van der Waals surface area contributed by atoms with Gasteiger partial charge in [-0.1, -0.05) is 31.5 Å². The van der Waals surface area contributed by atoms with Crippen molar-refractivity contribution in [2.24, 2.45) is 5.92 Å². The molecule has 0 saturated heterocycles. The standard InChI is InChI=1S/C22H22ClN5O/c1-13(2)12-28-17-11-15(23)5-6-16(17)18-19(22(29)27(3)4)25-20(26-21(18)28)14-7-9-24-10-8-14/h5-11,13H,12H2,1-4H3. The summed E-state index contributed by atoms with van der Waals surface area (Å²) in [6.45, 7) is 5.06. The van der Waals surface area contributed by atoms with E-state index >= 15 is 0 Å². The fourth-order valence-electron chi connectivity index (χ4n) is 3.49. The normalized spacial score (nSPS) is 11.5. The zero-order chi connectivity index (χ0) is 20.7. The van der Waals surface area contributed by atoms with Gasteiger partial charge in [0.05, 0.1) is 10.9 Å². The van der Waals surface area contributed by atoms with Gasteiger partial charge < -0.3 is 9.47 Å². The summed E-state index contributed by atoms with van der Waals surface area (Å²) in [4.78, 5) is 28.2. The van der Waals surface area contributed by atoms with Crippen molar-refractivity contribution in [1.29, 1.82) is 0 Å². The van der Waals surface area contributed by atoms with Crippen LogP contribution in [0.5, 0.6) is 0 Å². The van der Waals surface area contributed by atoms with Crippen molar-refractivity contribution < 1.29 is 4.79 Å². The average Bonchev–Trinajstić information content (AvgIpc) is 2.99. The van der Waals surface area contributed by atoms with Crippen LogP contribution in [0, 0.1) is 5.92 Å². The minimum Gasteiger partial charge on any atom is -0.343 e. The lowest BCUT2D eigenvalue weighted by Gasteiger charge is -2.13. The van der Waals surface area contributed by atoms with Gasteiger partial charge in [0.2, 0.25) is 0 Å². The van der Waals surface area contributed by atoms with Gasteiger partial charge in [-0.3, -0.25) is 9.78 Å². The van der Waals surface area contributed by atoms with Gasteiger partial charge in [-0.05, 0) is 30.2 Å². The first-order valence-corrected chi connectivity index (χ1v) is 9.86. The maximum atomic E-state index is 13.1. The van der Waals surface area contributed by atoms with E-state index in [9.17, 15) is 4.79 Å². The van der Waals surface area contributed by atoms with E-state index in [1.54, 1.807) is 31.4 Å². The molecule has 6 nitrogen and oxygen atoms in total. The van der Waals surface area contributed by atoms with E-state index in [0.717, 1.165) is 34.0 Å². The van der Waals surface area contributed by atoms with Gasteiger partial charge in [0.25, 0.3) is 5.91 Å². The van der Waals surface area contributed by atoms with Crippen LogP contribution in [0.25, 0.3) is 33.3 Å². The van der Waals surface area contributed by atoms with Crippen molar-refractivity contribution in [2.45, 2.75) is 20.4 Å². The Morgan fingerprint density at radius 1 is 1.14 bits per heavy atom. The molecule has 0 bridgehead atoms. The summed E-state index contributed by atoms with van der Waals surface area (Å²) in [6.07, 6.45) is 3.39. The fraction of sp³-hybridized carbons (Fsp3) is 0.273. The lowest BCUT2D eigenvalue weighted by atomic mass is 10.1. The smallest absolute Gasteiger partial charge is 0.272 e. The molecule has 4 rings (SSSR count). The van der Waals surface area contributed by atoms with E-state index in [-0.39, 0.29) is 5.91 Å². The summed E-state index contributed by atoms with van der Waals surface area (Å²) >= 11 is 6.30. The monoisotopic (exact) mass is 407 g/mol. The SMILES string of the molecule is CC(C)Cn1c2cc(Cl)ccc2c2c(C(=O)N(C)C)nc(-c3ccncc3)nc21. The number of amides is 1. The molecular weight excluding hydrogens is 386 g/mol. The van der Waals surface area contributed by atoms with Crippen LogP contribution < -0.4 is 0 Å². The van der Waals surface area contributed by atoms with Gasteiger partial charge in [-0.15, -0.1) is 0 Å². The molecule has 0 spiro atoms. The number of fused-ring (bicyclic) bond motifs is 3. The summed E-state index contributed by atoms with van der Waals surface area (Å²) in [7, 11) is 3.46. The molecule has 148 valence electrons. The predicted octanol–water partition coefficient (Wildman–Crippen LogP) is 4.66. The number of rotatable bonds is 4. The second kappa shape index (κ2) is 7.44. The van der Waals surface area contributed by atoms with E-state index in [1.807, 2.05) is 30.3 Å². The molecule has 3 aromatic heterocycles. The van der Waals surface area contributed by atoms with E-state index in [0.29, 0.717) is 22.5 Å². The highest BCUT2D eigenvalue weighted by atomic mass is 35.5. The predicted molar refractivity (Wildman–Crippen MR) is 116 cm³/mol. The van der Waals surface area contributed by atoms with E-state index < -0.39 is 0 Å². The number of nitrogens with zero attached hydrogens (tertiary/aromatic N) is 5. The molecule has 0 N–H and O–H groups in total. The molecule has 29 heavy (non-hydrogen) atoms. The lowest BCUT2D eigenvalue weighted by molar-refractivity contribution is 0.0824. The first-order chi connectivity index (χ1) is 13.9. The quantitative estimate of drug-likeness (QED) is 0.493. The highest BCUT2D eigenvalue weighted by Gasteiger charge is 2.24. The zero-order valence-corrected chi connectivity index (χ0v) is 17.6. The van der Waals surface area contributed by atoms with Crippen LogP contribution in [-0.4, -0.2) is 44.4 Å². The van der Waals surface area contributed by atoms with Gasteiger partial charge in [0.1, 0.15) is 11.3 Å². The molecule has 7 heteroatoms. The van der Waals surface area contributed by atoms with Gasteiger partial charge >= 0.3 is 0 Å². The Hall–Kier alpha value is -2.99. The van der Waals surface area contributed by atoms with Gasteiger partial charge in [0, 0.05) is 49.0 Å². The largest absolute Gasteiger partial charge is 0.343 e. The van der Waals surface area contributed by atoms with Crippen molar-refractivity contribution in [1.82, 2.24) is 24.4 Å². The van der Waals surface area contributed by atoms with Gasteiger partial charge in [-0.2, -0.15) is 0 Å². The van der Waals surface area contributed by atoms with Crippen LogP contribution in [0.2, 0.25) is 5.02 Å². The molecule has 0 unspecified atom stereocenters. The summed E-state index contributed by atoms with van der Waals surface area (Å²) in [5.41, 5.74) is 2.90. The molecule has 0 aliphatic carbocycles. The van der Waals surface area contributed by atoms with Crippen molar-refractivity contribution in [3.05, 3.63) is 53.4 Å². The molecule has 0 saturated carbocycles. The number of hydrogen-bond donors (Lipinski definition) is 0. The Labute approximate surface area is 174 Å². The Kier molecular flexibility index (Phi) is 4.96. The van der Waals surface area contributed by atoms with Crippen LogP contribution in [0.1, 0.15) is 24.3 Å². The Morgan fingerprint density at radius 3 is 2.52 bits per heavy atom. The van der Waals surface area contributed by atoms with Crippen molar-refractivity contribution in [2.75, 3.05) is 14.1 Å². The van der Waals surface area contributed by atoms with Crippen molar-refractivity contribution >= 4 is 39.4 Å². The zero-order valence-electron chi connectivity index (χ0n) is 16.8. The van der Waals surface area contributed by atoms with Gasteiger partial charge in [-0.25, -0.2) is 9.97 Å². The Morgan fingerprint density at radius 2 is 1.86 bits per heavy atom. The van der Waals surface area contributed by atoms with Crippen LogP contribution in [0.3, 0.4) is 0 Å². The highest BCUT2D eigenvalue weighted by molar-refractivity contribution is 6.31. The summed E-state index contributed by atoms with van der Waals surface area (Å²) in [6, 6.07) is 9.40. The minimum atomic E-state index is -0.161. The molecular formula is C22H22ClN5O. The van der Waals surface area contributed by atoms with Crippen LogP contribution >= 0.6 is 11.6 Å². The maximum absolute atomic E-state index is 13.1. The summed E-state index contributed by atoms with van der Waals surface area (Å²) in [5.74, 6) is 0.732. The summed E-state index contributed by atoms with van der Waals surface area (Å²) in [5, 5.41) is 2.33. The topological polar surface area (TPSA) is 63.9 Å². The molecule has 1 amide bonds. The Balaban J connectivity index is 2.15. The third-order valence-electron chi connectivity index (χ3n) is 4.76. The second-order valence-electron chi connectivity index (χ2n) is 7.70. The maximum Gasteiger partial charge on any atom is 0.272 e. The molecule has 0 radical (unpaired) electrons. The fourth-order valence-corrected chi connectivity index (χ4v) is 3.66. The number of carbonyl (C=O) groups is 1. The third-order valence-corrected chi connectivity index (χ3v) is 5.00. The van der Waals surface area contributed by atoms with E-state index in [2.05, 4.69) is 28.4 Å². The van der Waals surface area contributed by atoms with Gasteiger partial charge in [0.15, 0.2) is 5.82 Å². The second-order valence-corrected chi connectivity index (χ2v) is 8.13. The number of benzene rings is 1. The first kappa shape index (κ1) is 19.3. The number of hydrogen-bond acceptors (Lipinski definition) is 4. The third kappa shape index (κ3) is 3.44. The molecule has 1 aromatic carbocycles. The number of aromatic nitrogens is 4. The average molecular weight is 408 g/mol. The summed E-state index contributed by atoms with van der Waals surface area (Å²) < 4.78 is 2.14. The Bertz CT molecular complexity index is 1210.